The van der Waals surface area contributed by atoms with E-state index in [-0.39, 0.29) is 23.7 Å². The Kier molecular flexibility index (Phi) is 5.40. The summed E-state index contributed by atoms with van der Waals surface area (Å²) in [7, 11) is 0. The van der Waals surface area contributed by atoms with E-state index in [0.717, 1.165) is 11.6 Å². The molecule has 0 fully saturated rings. The SMILES string of the molecule is Cc1ccc(CCC2CCc3c(cc(F)c(OC(F)(F)F)c3F)C2)c(F)c1. The van der Waals surface area contributed by atoms with Crippen LogP contribution < -0.4 is 4.74 Å². The van der Waals surface area contributed by atoms with Crippen LogP contribution in [0.5, 0.6) is 5.75 Å². The first-order valence-electron chi connectivity index (χ1n) is 8.64. The Bertz CT molecular complexity index is 843. The van der Waals surface area contributed by atoms with Gasteiger partial charge in [0.2, 0.25) is 5.75 Å². The lowest BCUT2D eigenvalue weighted by atomic mass is 9.80. The highest BCUT2D eigenvalue weighted by Crippen LogP contribution is 2.37. The standard InChI is InChI=1S/C20H18F6O/c1-11-2-5-13(16(21)8-11)6-3-12-4-7-15-14(9-12)10-17(22)19(18(15)23)27-20(24,25)26/h2,5,8,10,12H,3-4,6-7,9H2,1H3. The largest absolute Gasteiger partial charge is 0.573 e. The molecule has 3 rings (SSSR count). The second kappa shape index (κ2) is 7.44. The van der Waals surface area contributed by atoms with Crippen LogP contribution in [0.1, 0.15) is 35.1 Å². The van der Waals surface area contributed by atoms with Gasteiger partial charge in [-0.15, -0.1) is 13.2 Å². The molecule has 0 N–H and O–H groups in total. The van der Waals surface area contributed by atoms with Crippen LogP contribution in [0.25, 0.3) is 0 Å². The second-order valence-corrected chi connectivity index (χ2v) is 6.93. The fraction of sp³-hybridized carbons (Fsp3) is 0.400. The van der Waals surface area contributed by atoms with Crippen molar-refractivity contribution in [1.29, 1.82) is 0 Å². The number of benzene rings is 2. The van der Waals surface area contributed by atoms with Gasteiger partial charge in [0.15, 0.2) is 11.6 Å². The van der Waals surface area contributed by atoms with Crippen molar-refractivity contribution in [2.45, 2.75) is 45.4 Å². The lowest BCUT2D eigenvalue weighted by molar-refractivity contribution is -0.276. The van der Waals surface area contributed by atoms with Crippen LogP contribution in [0.4, 0.5) is 26.3 Å². The van der Waals surface area contributed by atoms with E-state index >= 15 is 0 Å². The molecule has 2 aromatic carbocycles. The van der Waals surface area contributed by atoms with Crippen molar-refractivity contribution in [3.8, 4) is 5.75 Å². The number of alkyl halides is 3. The van der Waals surface area contributed by atoms with Crippen LogP contribution in [0, 0.1) is 30.3 Å². The highest BCUT2D eigenvalue weighted by Gasteiger charge is 2.36. The van der Waals surface area contributed by atoms with Gasteiger partial charge in [0.25, 0.3) is 0 Å². The molecular formula is C20H18F6O. The number of aryl methyl sites for hydroxylation is 2. The Labute approximate surface area is 153 Å². The predicted molar refractivity (Wildman–Crippen MR) is 88.0 cm³/mol. The summed E-state index contributed by atoms with van der Waals surface area (Å²) < 4.78 is 82.6. The normalized spacial score (nSPS) is 16.9. The van der Waals surface area contributed by atoms with E-state index in [4.69, 9.17) is 0 Å². The van der Waals surface area contributed by atoms with Crippen molar-refractivity contribution >= 4 is 0 Å². The molecule has 0 aliphatic heterocycles. The van der Waals surface area contributed by atoms with Gasteiger partial charge in [0.05, 0.1) is 0 Å². The molecule has 7 heteroatoms. The van der Waals surface area contributed by atoms with Gasteiger partial charge in [0.1, 0.15) is 5.82 Å². The zero-order valence-corrected chi connectivity index (χ0v) is 14.6. The van der Waals surface area contributed by atoms with Crippen LogP contribution in [-0.2, 0) is 19.3 Å². The van der Waals surface area contributed by atoms with Gasteiger partial charge in [-0.25, -0.2) is 13.2 Å². The quantitative estimate of drug-likeness (QED) is 0.580. The molecule has 0 radical (unpaired) electrons. The third kappa shape index (κ3) is 4.57. The summed E-state index contributed by atoms with van der Waals surface area (Å²) in [5.74, 6) is -4.26. The summed E-state index contributed by atoms with van der Waals surface area (Å²) in [4.78, 5) is 0. The fourth-order valence-corrected chi connectivity index (χ4v) is 3.57. The van der Waals surface area contributed by atoms with Crippen molar-refractivity contribution in [3.05, 3.63) is 64.0 Å². The van der Waals surface area contributed by atoms with Crippen LogP contribution in [-0.4, -0.2) is 6.36 Å². The lowest BCUT2D eigenvalue weighted by Gasteiger charge is -2.26. The molecule has 1 atom stereocenters. The Balaban J connectivity index is 1.73. The van der Waals surface area contributed by atoms with E-state index in [1.54, 1.807) is 13.0 Å². The molecule has 0 spiro atoms. The highest BCUT2D eigenvalue weighted by molar-refractivity contribution is 5.41. The smallest absolute Gasteiger partial charge is 0.399 e. The number of rotatable bonds is 4. The van der Waals surface area contributed by atoms with Gasteiger partial charge in [-0.3, -0.25) is 0 Å². The lowest BCUT2D eigenvalue weighted by Crippen LogP contribution is -2.22. The molecule has 0 amide bonds. The summed E-state index contributed by atoms with van der Waals surface area (Å²) in [6.07, 6.45) is -2.98. The molecule has 0 saturated heterocycles. The van der Waals surface area contributed by atoms with Crippen molar-refractivity contribution in [2.24, 2.45) is 5.92 Å². The van der Waals surface area contributed by atoms with E-state index in [1.807, 2.05) is 6.07 Å². The Morgan fingerprint density at radius 2 is 1.81 bits per heavy atom. The van der Waals surface area contributed by atoms with Gasteiger partial charge in [-0.2, -0.15) is 0 Å². The van der Waals surface area contributed by atoms with E-state index in [1.165, 1.54) is 6.07 Å². The molecule has 0 heterocycles. The summed E-state index contributed by atoms with van der Waals surface area (Å²) >= 11 is 0. The van der Waals surface area contributed by atoms with Gasteiger partial charge in [-0.05, 0) is 79.3 Å². The van der Waals surface area contributed by atoms with Crippen LogP contribution in [0.3, 0.4) is 0 Å². The second-order valence-electron chi connectivity index (χ2n) is 6.93. The maximum Gasteiger partial charge on any atom is 0.573 e. The van der Waals surface area contributed by atoms with Crippen molar-refractivity contribution in [3.63, 3.8) is 0 Å². The maximum atomic E-state index is 14.3. The third-order valence-corrected chi connectivity index (χ3v) is 4.93. The Morgan fingerprint density at radius 3 is 2.48 bits per heavy atom. The van der Waals surface area contributed by atoms with Gasteiger partial charge in [-0.1, -0.05) is 12.1 Å². The van der Waals surface area contributed by atoms with E-state index < -0.39 is 23.7 Å². The molecule has 1 unspecified atom stereocenters. The average Bonchev–Trinajstić information content (AvgIpc) is 2.57. The third-order valence-electron chi connectivity index (χ3n) is 4.93. The molecule has 2 aromatic rings. The van der Waals surface area contributed by atoms with Crippen molar-refractivity contribution < 1.29 is 31.1 Å². The Morgan fingerprint density at radius 1 is 1.07 bits per heavy atom. The molecule has 1 aliphatic carbocycles. The molecule has 1 aliphatic rings. The molecule has 1 nitrogen and oxygen atoms in total. The fourth-order valence-electron chi connectivity index (χ4n) is 3.57. The molecule has 0 saturated carbocycles. The average molecular weight is 388 g/mol. The number of fused-ring (bicyclic) bond motifs is 1. The summed E-state index contributed by atoms with van der Waals surface area (Å²) in [6, 6.07) is 5.92. The predicted octanol–water partition coefficient (Wildman–Crippen LogP) is 6.05. The first-order chi connectivity index (χ1) is 12.6. The zero-order valence-electron chi connectivity index (χ0n) is 14.6. The topological polar surface area (TPSA) is 9.23 Å². The van der Waals surface area contributed by atoms with Gasteiger partial charge in [0, 0.05) is 0 Å². The molecule has 0 aromatic heterocycles. The maximum absolute atomic E-state index is 14.3. The van der Waals surface area contributed by atoms with Crippen molar-refractivity contribution in [2.75, 3.05) is 0 Å². The number of ether oxygens (including phenoxy) is 1. The number of hydrogen-bond acceptors (Lipinski definition) is 1. The van der Waals surface area contributed by atoms with Crippen LogP contribution >= 0.6 is 0 Å². The minimum Gasteiger partial charge on any atom is -0.399 e. The van der Waals surface area contributed by atoms with Gasteiger partial charge < -0.3 is 4.74 Å². The molecule has 0 bridgehead atoms. The summed E-state index contributed by atoms with van der Waals surface area (Å²) in [5.41, 5.74) is 1.82. The van der Waals surface area contributed by atoms with E-state index in [0.29, 0.717) is 36.8 Å². The number of halogens is 6. The summed E-state index contributed by atoms with van der Waals surface area (Å²) in [5, 5.41) is 0. The minimum atomic E-state index is -5.16. The van der Waals surface area contributed by atoms with Crippen LogP contribution in [0.2, 0.25) is 0 Å². The highest BCUT2D eigenvalue weighted by atomic mass is 19.4. The molecular weight excluding hydrogens is 370 g/mol. The Hall–Kier alpha value is -2.18. The first kappa shape index (κ1) is 19.6. The van der Waals surface area contributed by atoms with Crippen LogP contribution in [0.15, 0.2) is 24.3 Å². The molecule has 146 valence electrons. The van der Waals surface area contributed by atoms with Gasteiger partial charge >= 0.3 is 6.36 Å². The monoisotopic (exact) mass is 388 g/mol. The van der Waals surface area contributed by atoms with E-state index in [9.17, 15) is 26.3 Å². The van der Waals surface area contributed by atoms with Crippen molar-refractivity contribution in [1.82, 2.24) is 0 Å². The zero-order chi connectivity index (χ0) is 19.8. The number of hydrogen-bond donors (Lipinski definition) is 0. The van der Waals surface area contributed by atoms with E-state index in [2.05, 4.69) is 4.74 Å². The minimum absolute atomic E-state index is 0.0633. The molecule has 27 heavy (non-hydrogen) atoms. The summed E-state index contributed by atoms with van der Waals surface area (Å²) in [6.45, 7) is 1.80. The first-order valence-corrected chi connectivity index (χ1v) is 8.64.